The van der Waals surface area contributed by atoms with Crippen LogP contribution in [0.3, 0.4) is 0 Å². The minimum atomic E-state index is 0.165. The van der Waals surface area contributed by atoms with Crippen LogP contribution in [0.4, 0.5) is 0 Å². The first-order valence-electron chi connectivity index (χ1n) is 9.61. The predicted molar refractivity (Wildman–Crippen MR) is 111 cm³/mol. The minimum absolute atomic E-state index is 0.165. The number of fused-ring (bicyclic) bond motifs is 1. The molecule has 144 valence electrons. The smallest absolute Gasteiger partial charge is 0.223 e. The van der Waals surface area contributed by atoms with Crippen molar-refractivity contribution >= 4 is 17.5 Å². The van der Waals surface area contributed by atoms with E-state index in [0.717, 1.165) is 22.7 Å². The highest BCUT2D eigenvalue weighted by molar-refractivity contribution is 6.30. The second kappa shape index (κ2) is 7.80. The van der Waals surface area contributed by atoms with E-state index in [-0.39, 0.29) is 11.8 Å². The third-order valence-electron chi connectivity index (χ3n) is 5.74. The van der Waals surface area contributed by atoms with Gasteiger partial charge in [-0.25, -0.2) is 0 Å². The van der Waals surface area contributed by atoms with Crippen LogP contribution in [-0.2, 0) is 24.8 Å². The van der Waals surface area contributed by atoms with Crippen LogP contribution in [0, 0.1) is 6.92 Å². The Morgan fingerprint density at radius 1 is 1.14 bits per heavy atom. The molecule has 1 atom stereocenters. The Kier molecular flexibility index (Phi) is 5.23. The van der Waals surface area contributed by atoms with Gasteiger partial charge in [-0.1, -0.05) is 48.0 Å². The molecule has 2 heterocycles. The fraction of sp³-hybridized carbons (Fsp3) is 0.304. The van der Waals surface area contributed by atoms with Crippen LogP contribution in [-0.4, -0.2) is 27.1 Å². The number of carbonyl (C=O) groups is 1. The van der Waals surface area contributed by atoms with Crippen LogP contribution in [0.5, 0.6) is 0 Å². The Labute approximate surface area is 170 Å². The molecule has 0 saturated heterocycles. The summed E-state index contributed by atoms with van der Waals surface area (Å²) in [5, 5.41) is 5.14. The Bertz CT molecular complexity index is 993. The van der Waals surface area contributed by atoms with Gasteiger partial charge < -0.3 is 4.90 Å². The maximum atomic E-state index is 13.0. The Morgan fingerprint density at radius 3 is 2.61 bits per heavy atom. The lowest BCUT2D eigenvalue weighted by Gasteiger charge is -2.35. The van der Waals surface area contributed by atoms with E-state index in [9.17, 15) is 4.79 Å². The molecule has 0 bridgehead atoms. The van der Waals surface area contributed by atoms with Gasteiger partial charge in [0.25, 0.3) is 0 Å². The molecule has 1 amide bonds. The van der Waals surface area contributed by atoms with Crippen LogP contribution in [0.1, 0.15) is 40.3 Å². The summed E-state index contributed by atoms with van der Waals surface area (Å²) < 4.78 is 1.90. The van der Waals surface area contributed by atoms with Crippen LogP contribution in [0.15, 0.2) is 54.7 Å². The zero-order valence-corrected chi connectivity index (χ0v) is 17.0. The van der Waals surface area contributed by atoms with E-state index in [0.29, 0.717) is 19.5 Å². The van der Waals surface area contributed by atoms with Gasteiger partial charge in [0.05, 0.1) is 6.20 Å². The second-order valence-electron chi connectivity index (χ2n) is 7.46. The number of benzene rings is 2. The number of aromatic nitrogens is 2. The molecule has 1 unspecified atom stereocenters. The molecule has 3 aromatic rings. The summed E-state index contributed by atoms with van der Waals surface area (Å²) in [6.07, 6.45) is 3.17. The van der Waals surface area contributed by atoms with E-state index in [4.69, 9.17) is 11.6 Å². The van der Waals surface area contributed by atoms with Crippen molar-refractivity contribution in [3.8, 4) is 0 Å². The maximum Gasteiger partial charge on any atom is 0.223 e. The van der Waals surface area contributed by atoms with Crippen LogP contribution in [0.25, 0.3) is 0 Å². The molecule has 4 rings (SSSR count). The molecule has 0 aliphatic carbocycles. The van der Waals surface area contributed by atoms with Crippen molar-refractivity contribution in [2.75, 3.05) is 6.54 Å². The lowest BCUT2D eigenvalue weighted by atomic mass is 9.84. The van der Waals surface area contributed by atoms with Gasteiger partial charge in [0.2, 0.25) is 5.91 Å². The van der Waals surface area contributed by atoms with Crippen molar-refractivity contribution in [3.63, 3.8) is 0 Å². The van der Waals surface area contributed by atoms with Gasteiger partial charge in [-0.05, 0) is 42.2 Å². The number of amides is 1. The molecule has 0 spiro atoms. The fourth-order valence-electron chi connectivity index (χ4n) is 3.98. The quantitative estimate of drug-likeness (QED) is 0.655. The van der Waals surface area contributed by atoms with Crippen molar-refractivity contribution in [2.24, 2.45) is 7.05 Å². The van der Waals surface area contributed by atoms with E-state index in [1.165, 1.54) is 16.7 Å². The van der Waals surface area contributed by atoms with Gasteiger partial charge in [0.15, 0.2) is 0 Å². The molecule has 1 aromatic heterocycles. The molecular formula is C23H24ClN3O. The van der Waals surface area contributed by atoms with Gasteiger partial charge in [0, 0.05) is 48.8 Å². The Hall–Kier alpha value is -2.59. The molecule has 4 nitrogen and oxygen atoms in total. The van der Waals surface area contributed by atoms with Crippen LogP contribution in [0.2, 0.25) is 5.02 Å². The van der Waals surface area contributed by atoms with Gasteiger partial charge >= 0.3 is 0 Å². The zero-order chi connectivity index (χ0) is 19.7. The second-order valence-corrected chi connectivity index (χ2v) is 7.90. The third-order valence-corrected chi connectivity index (χ3v) is 5.99. The molecule has 0 saturated carbocycles. The zero-order valence-electron chi connectivity index (χ0n) is 16.2. The number of rotatable bonds is 4. The number of nitrogens with zero attached hydrogens (tertiary/aromatic N) is 3. The van der Waals surface area contributed by atoms with Gasteiger partial charge in [-0.2, -0.15) is 5.10 Å². The highest BCUT2D eigenvalue weighted by atomic mass is 35.5. The first kappa shape index (κ1) is 18.8. The Morgan fingerprint density at radius 2 is 1.89 bits per heavy atom. The third kappa shape index (κ3) is 3.69. The van der Waals surface area contributed by atoms with E-state index < -0.39 is 0 Å². The summed E-state index contributed by atoms with van der Waals surface area (Å²) >= 11 is 5.95. The minimum Gasteiger partial charge on any atom is -0.337 e. The molecule has 0 N–H and O–H groups in total. The predicted octanol–water partition coefficient (Wildman–Crippen LogP) is 4.49. The van der Waals surface area contributed by atoms with E-state index >= 15 is 0 Å². The number of carbonyl (C=O) groups excluding carboxylic acids is 1. The molecule has 28 heavy (non-hydrogen) atoms. The summed E-state index contributed by atoms with van der Waals surface area (Å²) in [7, 11) is 1.96. The van der Waals surface area contributed by atoms with E-state index in [2.05, 4.69) is 30.2 Å². The van der Waals surface area contributed by atoms with E-state index in [1.807, 2.05) is 53.2 Å². The highest BCUT2D eigenvalue weighted by Crippen LogP contribution is 2.35. The SMILES string of the molecule is Cc1c(C2CN(C(=O)CCc3ccc(Cl)cc3)Cc3ccccc32)cnn1C. The number of aryl methyl sites for hydroxylation is 2. The molecule has 2 aromatic carbocycles. The maximum absolute atomic E-state index is 13.0. The number of hydrogen-bond donors (Lipinski definition) is 0. The first-order chi connectivity index (χ1) is 13.5. The topological polar surface area (TPSA) is 38.1 Å². The molecule has 1 aliphatic heterocycles. The fourth-order valence-corrected chi connectivity index (χ4v) is 4.11. The summed E-state index contributed by atoms with van der Waals surface area (Å²) in [6, 6.07) is 16.2. The summed E-state index contributed by atoms with van der Waals surface area (Å²) in [5.74, 6) is 0.356. The lowest BCUT2D eigenvalue weighted by Crippen LogP contribution is -2.38. The lowest BCUT2D eigenvalue weighted by molar-refractivity contribution is -0.132. The summed E-state index contributed by atoms with van der Waals surface area (Å²) in [6.45, 7) is 3.46. The van der Waals surface area contributed by atoms with Crippen molar-refractivity contribution in [3.05, 3.63) is 87.7 Å². The Balaban J connectivity index is 1.55. The number of hydrogen-bond acceptors (Lipinski definition) is 2. The monoisotopic (exact) mass is 393 g/mol. The van der Waals surface area contributed by atoms with Crippen LogP contribution < -0.4 is 0 Å². The summed E-state index contributed by atoms with van der Waals surface area (Å²) in [5.41, 5.74) is 6.01. The molecule has 0 radical (unpaired) electrons. The van der Waals surface area contributed by atoms with Crippen molar-refractivity contribution in [1.82, 2.24) is 14.7 Å². The molecular weight excluding hydrogens is 370 g/mol. The van der Waals surface area contributed by atoms with Crippen LogP contribution >= 0.6 is 11.6 Å². The standard InChI is InChI=1S/C23H24ClN3O/c1-16-21(13-25-26(16)2)22-15-27(14-18-5-3-4-6-20(18)22)23(28)12-9-17-7-10-19(24)11-8-17/h3-8,10-11,13,22H,9,12,14-15H2,1-2H3. The van der Waals surface area contributed by atoms with E-state index in [1.54, 1.807) is 0 Å². The van der Waals surface area contributed by atoms with Crippen molar-refractivity contribution in [1.29, 1.82) is 0 Å². The summed E-state index contributed by atoms with van der Waals surface area (Å²) in [4.78, 5) is 15.0. The molecule has 1 aliphatic rings. The number of halogens is 1. The molecule has 5 heteroatoms. The molecule has 0 fully saturated rings. The first-order valence-corrected chi connectivity index (χ1v) is 9.99. The van der Waals surface area contributed by atoms with Gasteiger partial charge in [-0.15, -0.1) is 0 Å². The average Bonchev–Trinajstić information content (AvgIpc) is 3.05. The average molecular weight is 394 g/mol. The van der Waals surface area contributed by atoms with Crippen molar-refractivity contribution < 1.29 is 4.79 Å². The largest absolute Gasteiger partial charge is 0.337 e. The van der Waals surface area contributed by atoms with Gasteiger partial charge in [-0.3, -0.25) is 9.48 Å². The van der Waals surface area contributed by atoms with Gasteiger partial charge in [0.1, 0.15) is 0 Å². The van der Waals surface area contributed by atoms with Crippen molar-refractivity contribution in [2.45, 2.75) is 32.2 Å². The normalized spacial score (nSPS) is 16.1. The highest BCUT2D eigenvalue weighted by Gasteiger charge is 2.30.